The molecule has 0 saturated carbocycles. The van der Waals surface area contributed by atoms with Gasteiger partial charge in [-0.3, -0.25) is 9.59 Å². The van der Waals surface area contributed by atoms with Gasteiger partial charge in [-0.15, -0.1) is 0 Å². The van der Waals surface area contributed by atoms with E-state index in [0.717, 1.165) is 16.9 Å². The van der Waals surface area contributed by atoms with Crippen molar-refractivity contribution in [1.82, 2.24) is 10.2 Å². The zero-order chi connectivity index (χ0) is 25.0. The second-order valence-electron chi connectivity index (χ2n) is 8.78. The van der Waals surface area contributed by atoms with Gasteiger partial charge in [-0.05, 0) is 55.7 Å². The van der Waals surface area contributed by atoms with Crippen LogP contribution < -0.4 is 10.1 Å². The maximum absolute atomic E-state index is 13.5. The van der Waals surface area contributed by atoms with Crippen LogP contribution in [-0.4, -0.2) is 35.4 Å². The molecule has 0 heterocycles. The van der Waals surface area contributed by atoms with Gasteiger partial charge in [0.2, 0.25) is 11.8 Å². The highest BCUT2D eigenvalue weighted by Gasteiger charge is 2.30. The van der Waals surface area contributed by atoms with Crippen LogP contribution in [0.4, 0.5) is 0 Å². The third kappa shape index (κ3) is 8.76. The number of hydrogen-bond donors (Lipinski definition) is 1. The number of benzene rings is 3. The minimum Gasteiger partial charge on any atom is -0.494 e. The summed E-state index contributed by atoms with van der Waals surface area (Å²) in [5.41, 5.74) is 1.91. The molecular formula is C29H33ClN2O3. The van der Waals surface area contributed by atoms with Crippen molar-refractivity contribution in [2.24, 2.45) is 0 Å². The maximum Gasteiger partial charge on any atom is 0.243 e. The van der Waals surface area contributed by atoms with E-state index >= 15 is 0 Å². The molecule has 0 spiro atoms. The summed E-state index contributed by atoms with van der Waals surface area (Å²) in [5, 5.41) is 3.63. The summed E-state index contributed by atoms with van der Waals surface area (Å²) in [6, 6.07) is 26.0. The van der Waals surface area contributed by atoms with Crippen LogP contribution in [0.25, 0.3) is 0 Å². The van der Waals surface area contributed by atoms with E-state index in [1.165, 1.54) is 0 Å². The van der Waals surface area contributed by atoms with Crippen molar-refractivity contribution in [3.8, 4) is 5.75 Å². The Morgan fingerprint density at radius 3 is 2.14 bits per heavy atom. The summed E-state index contributed by atoms with van der Waals surface area (Å²) in [4.78, 5) is 28.5. The minimum absolute atomic E-state index is 0.0347. The van der Waals surface area contributed by atoms with Crippen molar-refractivity contribution >= 4 is 23.4 Å². The van der Waals surface area contributed by atoms with E-state index in [2.05, 4.69) is 5.32 Å². The normalized spacial score (nSPS) is 11.7. The lowest BCUT2D eigenvalue weighted by Gasteiger charge is -2.32. The second kappa shape index (κ2) is 13.5. The van der Waals surface area contributed by atoms with Gasteiger partial charge in [0.25, 0.3) is 0 Å². The smallest absolute Gasteiger partial charge is 0.243 e. The first-order valence-electron chi connectivity index (χ1n) is 12.0. The number of para-hydroxylation sites is 1. The van der Waals surface area contributed by atoms with E-state index in [-0.39, 0.29) is 24.3 Å². The molecule has 0 aliphatic carbocycles. The summed E-state index contributed by atoms with van der Waals surface area (Å²) in [7, 11) is 0. The Morgan fingerprint density at radius 1 is 0.886 bits per heavy atom. The number of carbonyl (C=O) groups is 2. The van der Waals surface area contributed by atoms with Crippen molar-refractivity contribution in [1.29, 1.82) is 0 Å². The van der Waals surface area contributed by atoms with Gasteiger partial charge < -0.3 is 15.0 Å². The third-order valence-corrected chi connectivity index (χ3v) is 5.77. The average Bonchev–Trinajstić information content (AvgIpc) is 2.86. The van der Waals surface area contributed by atoms with E-state index < -0.39 is 6.04 Å². The lowest BCUT2D eigenvalue weighted by atomic mass is 10.0. The first kappa shape index (κ1) is 26.3. The number of amides is 2. The number of rotatable bonds is 12. The van der Waals surface area contributed by atoms with Crippen LogP contribution in [0, 0.1) is 0 Å². The molecule has 3 rings (SSSR count). The first-order valence-corrected chi connectivity index (χ1v) is 12.4. The molecule has 35 heavy (non-hydrogen) atoms. The molecule has 0 aliphatic rings. The molecule has 0 aliphatic heterocycles. The van der Waals surface area contributed by atoms with Crippen LogP contribution in [0.1, 0.15) is 37.8 Å². The van der Waals surface area contributed by atoms with Crippen LogP contribution in [0.3, 0.4) is 0 Å². The van der Waals surface area contributed by atoms with Crippen molar-refractivity contribution in [3.63, 3.8) is 0 Å². The number of nitrogens with one attached hydrogen (secondary N) is 1. The monoisotopic (exact) mass is 492 g/mol. The quantitative estimate of drug-likeness (QED) is 0.332. The van der Waals surface area contributed by atoms with Crippen LogP contribution in [0.5, 0.6) is 5.75 Å². The molecule has 184 valence electrons. The summed E-state index contributed by atoms with van der Waals surface area (Å²) < 4.78 is 5.76. The summed E-state index contributed by atoms with van der Waals surface area (Å²) in [6.45, 7) is 4.58. The molecule has 6 heteroatoms. The van der Waals surface area contributed by atoms with E-state index in [1.807, 2.05) is 86.6 Å². The van der Waals surface area contributed by atoms with Gasteiger partial charge >= 0.3 is 0 Å². The summed E-state index contributed by atoms with van der Waals surface area (Å²) >= 11 is 6.06. The molecule has 0 bridgehead atoms. The topological polar surface area (TPSA) is 58.6 Å². The highest BCUT2D eigenvalue weighted by Crippen LogP contribution is 2.18. The summed E-state index contributed by atoms with van der Waals surface area (Å²) in [5.74, 6) is 0.527. The van der Waals surface area contributed by atoms with E-state index in [1.54, 1.807) is 17.0 Å². The number of carbonyl (C=O) groups excluding carboxylic acids is 2. The van der Waals surface area contributed by atoms with Crippen LogP contribution in [0.15, 0.2) is 84.9 Å². The standard InChI is InChI=1S/C29H33ClN2O3/c1-22(2)31-29(34)27(20-23-10-5-3-6-11-23)32(21-24-15-17-25(30)18-16-24)28(33)14-9-19-35-26-12-7-4-8-13-26/h3-8,10-13,15-18,22,27H,9,14,19-21H2,1-2H3,(H,31,34)/t27-/m1/s1. The Bertz CT molecular complexity index is 1060. The molecule has 3 aromatic carbocycles. The van der Waals surface area contributed by atoms with Gasteiger partial charge in [0, 0.05) is 30.5 Å². The fourth-order valence-electron chi connectivity index (χ4n) is 3.79. The van der Waals surface area contributed by atoms with Crippen LogP contribution >= 0.6 is 11.6 Å². The predicted molar refractivity (Wildman–Crippen MR) is 140 cm³/mol. The van der Waals surface area contributed by atoms with Gasteiger partial charge in [0.05, 0.1) is 6.61 Å². The summed E-state index contributed by atoms with van der Waals surface area (Å²) in [6.07, 6.45) is 1.26. The highest BCUT2D eigenvalue weighted by atomic mass is 35.5. The molecule has 0 saturated heterocycles. The minimum atomic E-state index is -0.641. The fraction of sp³-hybridized carbons (Fsp3) is 0.310. The largest absolute Gasteiger partial charge is 0.494 e. The fourth-order valence-corrected chi connectivity index (χ4v) is 3.92. The molecule has 5 nitrogen and oxygen atoms in total. The second-order valence-corrected chi connectivity index (χ2v) is 9.22. The Morgan fingerprint density at radius 2 is 1.51 bits per heavy atom. The van der Waals surface area contributed by atoms with E-state index in [4.69, 9.17) is 16.3 Å². The number of ether oxygens (including phenoxy) is 1. The van der Waals surface area contributed by atoms with Gasteiger partial charge in [-0.1, -0.05) is 72.3 Å². The third-order valence-electron chi connectivity index (χ3n) is 5.52. The van der Waals surface area contributed by atoms with Gasteiger partial charge in [0.15, 0.2) is 0 Å². The molecule has 2 amide bonds. The average molecular weight is 493 g/mol. The number of hydrogen-bond acceptors (Lipinski definition) is 3. The zero-order valence-corrected chi connectivity index (χ0v) is 21.1. The molecule has 0 unspecified atom stereocenters. The Hall–Kier alpha value is -3.31. The molecular weight excluding hydrogens is 460 g/mol. The van der Waals surface area contributed by atoms with Crippen molar-refractivity contribution < 1.29 is 14.3 Å². The van der Waals surface area contributed by atoms with Gasteiger partial charge in [0.1, 0.15) is 11.8 Å². The molecule has 0 aromatic heterocycles. The SMILES string of the molecule is CC(C)NC(=O)[C@@H](Cc1ccccc1)N(Cc1ccc(Cl)cc1)C(=O)CCCOc1ccccc1. The van der Waals surface area contributed by atoms with Crippen molar-refractivity contribution in [2.45, 2.75) is 51.7 Å². The van der Waals surface area contributed by atoms with Crippen molar-refractivity contribution in [2.75, 3.05) is 6.61 Å². The molecule has 0 radical (unpaired) electrons. The molecule has 3 aromatic rings. The number of halogens is 1. The maximum atomic E-state index is 13.5. The lowest BCUT2D eigenvalue weighted by molar-refractivity contribution is -0.141. The highest BCUT2D eigenvalue weighted by molar-refractivity contribution is 6.30. The Balaban J connectivity index is 1.78. The molecule has 0 fully saturated rings. The van der Waals surface area contributed by atoms with Crippen LogP contribution in [0.2, 0.25) is 5.02 Å². The first-order chi connectivity index (χ1) is 16.9. The molecule has 1 atom stereocenters. The van der Waals surface area contributed by atoms with Crippen molar-refractivity contribution in [3.05, 3.63) is 101 Å². The zero-order valence-electron chi connectivity index (χ0n) is 20.3. The van der Waals surface area contributed by atoms with Gasteiger partial charge in [-0.25, -0.2) is 0 Å². The lowest BCUT2D eigenvalue weighted by Crippen LogP contribution is -2.51. The Kier molecular flexibility index (Phi) is 10.2. The Labute approximate surface area is 213 Å². The van der Waals surface area contributed by atoms with Crippen LogP contribution in [-0.2, 0) is 22.6 Å². The van der Waals surface area contributed by atoms with E-state index in [0.29, 0.717) is 31.0 Å². The molecule has 1 N–H and O–H groups in total. The van der Waals surface area contributed by atoms with Gasteiger partial charge in [-0.2, -0.15) is 0 Å². The van der Waals surface area contributed by atoms with E-state index in [9.17, 15) is 9.59 Å². The predicted octanol–water partition coefficient (Wildman–Crippen LogP) is 5.66. The number of nitrogens with zero attached hydrogens (tertiary/aromatic N) is 1.